The number of hydrogen-bond donors (Lipinski definition) is 2. The maximum absolute atomic E-state index is 12.8. The number of amides is 2. The summed E-state index contributed by atoms with van der Waals surface area (Å²) in [6.45, 7) is 4.24. The van der Waals surface area contributed by atoms with Gasteiger partial charge in [-0.1, -0.05) is 31.9 Å². The molecule has 2 aromatic rings. The van der Waals surface area contributed by atoms with Crippen molar-refractivity contribution >= 4 is 27.3 Å². The molecule has 0 bridgehead atoms. The molecule has 1 atom stereocenters. The topological polar surface area (TPSA) is 107 Å². The SMILES string of the molecule is CCS(=O)(=O)c1ccc([C@H](CO)NC(=O)c2ccc(N3CCN(C(=O)C4CCCC4)CC3)cc2)cc1. The highest BCUT2D eigenvalue weighted by Gasteiger charge is 2.29. The molecule has 8 nitrogen and oxygen atoms in total. The van der Waals surface area contributed by atoms with Crippen LogP contribution in [0.2, 0.25) is 0 Å². The molecule has 2 N–H and O–H groups in total. The minimum absolute atomic E-state index is 0.0107. The lowest BCUT2D eigenvalue weighted by Gasteiger charge is -2.37. The van der Waals surface area contributed by atoms with Gasteiger partial charge in [0.15, 0.2) is 9.84 Å². The second kappa shape index (κ2) is 11.4. The van der Waals surface area contributed by atoms with E-state index in [1.807, 2.05) is 17.0 Å². The van der Waals surface area contributed by atoms with Gasteiger partial charge in [-0.2, -0.15) is 0 Å². The standard InChI is InChI=1S/C27H35N3O5S/c1-2-36(34,35)24-13-9-20(10-14-24)25(19-31)28-26(32)21-7-11-23(12-8-21)29-15-17-30(18-16-29)27(33)22-5-3-4-6-22/h7-14,22,25,31H,2-6,15-19H2,1H3,(H,28,32)/t25-/m0/s1. The van der Waals surface area contributed by atoms with Crippen LogP contribution < -0.4 is 10.2 Å². The smallest absolute Gasteiger partial charge is 0.251 e. The molecule has 4 rings (SSSR count). The fourth-order valence-corrected chi connectivity index (χ4v) is 5.87. The van der Waals surface area contributed by atoms with E-state index in [-0.39, 0.29) is 29.1 Å². The Balaban J connectivity index is 1.33. The van der Waals surface area contributed by atoms with Gasteiger partial charge in [-0.25, -0.2) is 8.42 Å². The number of benzene rings is 2. The number of hydrogen-bond acceptors (Lipinski definition) is 6. The van der Waals surface area contributed by atoms with Crippen LogP contribution in [0.3, 0.4) is 0 Å². The molecule has 1 aliphatic heterocycles. The average molecular weight is 514 g/mol. The largest absolute Gasteiger partial charge is 0.394 e. The van der Waals surface area contributed by atoms with E-state index in [0.717, 1.165) is 44.5 Å². The zero-order chi connectivity index (χ0) is 25.7. The van der Waals surface area contributed by atoms with Crippen LogP contribution in [0, 0.1) is 5.92 Å². The van der Waals surface area contributed by atoms with Crippen LogP contribution in [-0.2, 0) is 14.6 Å². The Morgan fingerprint density at radius 3 is 2.14 bits per heavy atom. The Morgan fingerprint density at radius 1 is 0.972 bits per heavy atom. The first kappa shape index (κ1) is 26.2. The van der Waals surface area contributed by atoms with Crippen molar-refractivity contribution < 1.29 is 23.1 Å². The van der Waals surface area contributed by atoms with E-state index in [9.17, 15) is 23.1 Å². The number of sulfone groups is 1. The number of carbonyl (C=O) groups is 2. The fourth-order valence-electron chi connectivity index (χ4n) is 4.99. The maximum atomic E-state index is 12.8. The lowest BCUT2D eigenvalue weighted by molar-refractivity contribution is -0.135. The lowest BCUT2D eigenvalue weighted by Crippen LogP contribution is -2.50. The quantitative estimate of drug-likeness (QED) is 0.562. The predicted molar refractivity (Wildman–Crippen MR) is 139 cm³/mol. The highest BCUT2D eigenvalue weighted by atomic mass is 32.2. The molecule has 1 aliphatic carbocycles. The lowest BCUT2D eigenvalue weighted by atomic mass is 10.1. The number of carbonyl (C=O) groups excluding carboxylic acids is 2. The second-order valence-corrected chi connectivity index (χ2v) is 11.8. The minimum atomic E-state index is -3.31. The zero-order valence-electron chi connectivity index (χ0n) is 20.7. The molecule has 0 spiro atoms. The van der Waals surface area contributed by atoms with Gasteiger partial charge in [0.1, 0.15) is 0 Å². The van der Waals surface area contributed by atoms with Gasteiger partial charge in [0.25, 0.3) is 5.91 Å². The van der Waals surface area contributed by atoms with Crippen LogP contribution in [0.25, 0.3) is 0 Å². The normalized spacial score (nSPS) is 17.7. The summed E-state index contributed by atoms with van der Waals surface area (Å²) in [5.41, 5.74) is 2.10. The van der Waals surface area contributed by atoms with Crippen LogP contribution in [-0.4, -0.2) is 68.8 Å². The van der Waals surface area contributed by atoms with Crippen LogP contribution >= 0.6 is 0 Å². The third-order valence-corrected chi connectivity index (χ3v) is 9.05. The molecule has 0 aromatic heterocycles. The van der Waals surface area contributed by atoms with Crippen molar-refractivity contribution in [2.75, 3.05) is 43.4 Å². The number of anilines is 1. The molecule has 0 unspecified atom stereocenters. The molecule has 2 aromatic carbocycles. The summed E-state index contributed by atoms with van der Waals surface area (Å²) in [6.07, 6.45) is 4.35. The number of nitrogens with one attached hydrogen (secondary N) is 1. The monoisotopic (exact) mass is 513 g/mol. The third kappa shape index (κ3) is 5.90. The number of aliphatic hydroxyl groups is 1. The van der Waals surface area contributed by atoms with E-state index in [2.05, 4.69) is 10.2 Å². The Hall–Kier alpha value is -2.91. The van der Waals surface area contributed by atoms with Crippen LogP contribution in [0.4, 0.5) is 5.69 Å². The highest BCUT2D eigenvalue weighted by Crippen LogP contribution is 2.27. The molecule has 2 fully saturated rings. The maximum Gasteiger partial charge on any atom is 0.251 e. The van der Waals surface area contributed by atoms with E-state index in [1.165, 1.54) is 12.1 Å². The molecule has 2 aliphatic rings. The van der Waals surface area contributed by atoms with Crippen molar-refractivity contribution in [3.8, 4) is 0 Å². The Labute approximate surface area is 213 Å². The van der Waals surface area contributed by atoms with E-state index < -0.39 is 15.9 Å². The molecular formula is C27H35N3O5S. The van der Waals surface area contributed by atoms with Crippen LogP contribution in [0.1, 0.15) is 54.6 Å². The van der Waals surface area contributed by atoms with Gasteiger partial charge in [-0.3, -0.25) is 9.59 Å². The van der Waals surface area contributed by atoms with E-state index in [1.54, 1.807) is 31.2 Å². The first-order valence-electron chi connectivity index (χ1n) is 12.7. The first-order chi connectivity index (χ1) is 17.3. The summed E-state index contributed by atoms with van der Waals surface area (Å²) < 4.78 is 24.0. The summed E-state index contributed by atoms with van der Waals surface area (Å²) in [5.74, 6) is 0.202. The molecule has 9 heteroatoms. The number of piperazine rings is 1. The van der Waals surface area contributed by atoms with Gasteiger partial charge in [0.2, 0.25) is 5.91 Å². The van der Waals surface area contributed by atoms with E-state index >= 15 is 0 Å². The highest BCUT2D eigenvalue weighted by molar-refractivity contribution is 7.91. The van der Waals surface area contributed by atoms with Gasteiger partial charge >= 0.3 is 0 Å². The number of aliphatic hydroxyl groups excluding tert-OH is 1. The molecule has 36 heavy (non-hydrogen) atoms. The number of nitrogens with zero attached hydrogens (tertiary/aromatic N) is 2. The van der Waals surface area contributed by atoms with Crippen molar-refractivity contribution in [3.05, 3.63) is 59.7 Å². The van der Waals surface area contributed by atoms with Crippen molar-refractivity contribution in [1.29, 1.82) is 0 Å². The Morgan fingerprint density at radius 2 is 1.58 bits per heavy atom. The molecule has 194 valence electrons. The fraction of sp³-hybridized carbons (Fsp3) is 0.481. The summed E-state index contributed by atoms with van der Waals surface area (Å²) in [6, 6.07) is 12.9. The van der Waals surface area contributed by atoms with E-state index in [4.69, 9.17) is 0 Å². The molecule has 1 saturated heterocycles. The molecular weight excluding hydrogens is 478 g/mol. The van der Waals surface area contributed by atoms with Crippen LogP contribution in [0.15, 0.2) is 53.4 Å². The average Bonchev–Trinajstić information content (AvgIpc) is 3.47. The molecule has 1 heterocycles. The van der Waals surface area contributed by atoms with Crippen molar-refractivity contribution in [3.63, 3.8) is 0 Å². The molecule has 0 radical (unpaired) electrons. The molecule has 1 saturated carbocycles. The van der Waals surface area contributed by atoms with Gasteiger partial charge < -0.3 is 20.2 Å². The van der Waals surface area contributed by atoms with Crippen LogP contribution in [0.5, 0.6) is 0 Å². The Kier molecular flexibility index (Phi) is 8.31. The van der Waals surface area contributed by atoms with Crippen molar-refractivity contribution in [1.82, 2.24) is 10.2 Å². The van der Waals surface area contributed by atoms with Gasteiger partial charge in [-0.05, 0) is 54.8 Å². The number of rotatable bonds is 8. The van der Waals surface area contributed by atoms with Crippen molar-refractivity contribution in [2.45, 2.75) is 43.5 Å². The van der Waals surface area contributed by atoms with Gasteiger partial charge in [0.05, 0.1) is 23.3 Å². The predicted octanol–water partition coefficient (Wildman–Crippen LogP) is 2.78. The summed E-state index contributed by atoms with van der Waals surface area (Å²) >= 11 is 0. The Bertz CT molecular complexity index is 1150. The summed E-state index contributed by atoms with van der Waals surface area (Å²) in [4.78, 5) is 29.9. The molecule has 2 amide bonds. The minimum Gasteiger partial charge on any atom is -0.394 e. The second-order valence-electron chi connectivity index (χ2n) is 9.52. The summed E-state index contributed by atoms with van der Waals surface area (Å²) in [7, 11) is -3.31. The van der Waals surface area contributed by atoms with Crippen molar-refractivity contribution in [2.24, 2.45) is 5.92 Å². The van der Waals surface area contributed by atoms with E-state index in [0.29, 0.717) is 30.1 Å². The summed E-state index contributed by atoms with van der Waals surface area (Å²) in [5, 5.41) is 12.6. The third-order valence-electron chi connectivity index (χ3n) is 7.30. The first-order valence-corrected chi connectivity index (χ1v) is 14.4. The zero-order valence-corrected chi connectivity index (χ0v) is 21.5. The van der Waals surface area contributed by atoms with Gasteiger partial charge in [-0.15, -0.1) is 0 Å². The van der Waals surface area contributed by atoms with Gasteiger partial charge in [0, 0.05) is 43.3 Å².